The molecule has 0 aliphatic heterocycles. The minimum Gasteiger partial charge on any atom is -0.497 e. The molecule has 0 bridgehead atoms. The predicted octanol–water partition coefficient (Wildman–Crippen LogP) is 3.68. The molecule has 26 heavy (non-hydrogen) atoms. The van der Waals surface area contributed by atoms with Crippen LogP contribution in [-0.4, -0.2) is 27.0 Å². The predicted molar refractivity (Wildman–Crippen MR) is 102 cm³/mol. The molecule has 0 radical (unpaired) electrons. The van der Waals surface area contributed by atoms with Crippen molar-refractivity contribution in [2.75, 3.05) is 13.0 Å². The van der Waals surface area contributed by atoms with Gasteiger partial charge in [-0.1, -0.05) is 11.8 Å². The molecule has 3 heterocycles. The molecule has 132 valence electrons. The van der Waals surface area contributed by atoms with E-state index in [0.717, 1.165) is 27.6 Å². The van der Waals surface area contributed by atoms with Crippen LogP contribution in [-0.2, 0) is 5.75 Å². The molecule has 0 saturated heterocycles. The van der Waals surface area contributed by atoms with Crippen molar-refractivity contribution in [3.05, 3.63) is 53.9 Å². The molecule has 0 atom stereocenters. The lowest BCUT2D eigenvalue weighted by Gasteiger charge is -2.04. The van der Waals surface area contributed by atoms with Crippen molar-refractivity contribution in [1.82, 2.24) is 19.9 Å². The van der Waals surface area contributed by atoms with Crippen LogP contribution in [0.4, 0.5) is 0 Å². The summed E-state index contributed by atoms with van der Waals surface area (Å²) in [6.45, 7) is 0. The van der Waals surface area contributed by atoms with Crippen molar-refractivity contribution in [3.63, 3.8) is 0 Å². The van der Waals surface area contributed by atoms with Crippen molar-refractivity contribution in [2.24, 2.45) is 0 Å². The van der Waals surface area contributed by atoms with E-state index in [1.807, 2.05) is 35.7 Å². The highest BCUT2D eigenvalue weighted by Gasteiger charge is 2.13. The Balaban J connectivity index is 1.46. The van der Waals surface area contributed by atoms with E-state index in [2.05, 4.69) is 15.2 Å². The van der Waals surface area contributed by atoms with E-state index in [1.165, 1.54) is 16.4 Å². The average Bonchev–Trinajstić information content (AvgIpc) is 3.41. The molecule has 0 saturated carbocycles. The van der Waals surface area contributed by atoms with Crippen LogP contribution in [0.5, 0.6) is 5.75 Å². The second-order valence-corrected chi connectivity index (χ2v) is 7.15. The van der Waals surface area contributed by atoms with E-state index >= 15 is 0 Å². The second kappa shape index (κ2) is 7.22. The maximum Gasteiger partial charge on any atom is 0.210 e. The van der Waals surface area contributed by atoms with Gasteiger partial charge in [0.1, 0.15) is 17.0 Å². The summed E-state index contributed by atoms with van der Waals surface area (Å²) < 4.78 is 11.8. The van der Waals surface area contributed by atoms with Gasteiger partial charge in [-0.25, -0.2) is 9.66 Å². The highest BCUT2D eigenvalue weighted by Crippen LogP contribution is 2.28. The summed E-state index contributed by atoms with van der Waals surface area (Å²) in [6, 6.07) is 9.43. The van der Waals surface area contributed by atoms with Crippen LogP contribution in [0, 0.1) is 0 Å². The van der Waals surface area contributed by atoms with Gasteiger partial charge in [0, 0.05) is 22.3 Å². The standard InChI is InChI=1S/C17H15N5O2S2/c1-23-14-4-2-11(3-5-14)15-20-21-17(22(15)18)26-10-13-9-25-16(19-13)12-6-7-24-8-12/h2-9H,10,18H2,1H3. The molecule has 4 rings (SSSR count). The minimum atomic E-state index is 0.604. The number of rotatable bonds is 6. The Morgan fingerprint density at radius 3 is 2.77 bits per heavy atom. The number of furan rings is 1. The summed E-state index contributed by atoms with van der Waals surface area (Å²) in [5, 5.41) is 12.0. The summed E-state index contributed by atoms with van der Waals surface area (Å²) in [5.74, 6) is 8.21. The summed E-state index contributed by atoms with van der Waals surface area (Å²) in [6.07, 6.45) is 3.33. The summed E-state index contributed by atoms with van der Waals surface area (Å²) >= 11 is 3.08. The smallest absolute Gasteiger partial charge is 0.210 e. The number of hydrogen-bond acceptors (Lipinski definition) is 8. The third kappa shape index (κ3) is 3.31. The number of nitrogens with two attached hydrogens (primary N) is 1. The van der Waals surface area contributed by atoms with E-state index in [9.17, 15) is 0 Å². The Bertz CT molecular complexity index is 993. The van der Waals surface area contributed by atoms with Crippen LogP contribution >= 0.6 is 23.1 Å². The lowest BCUT2D eigenvalue weighted by atomic mass is 10.2. The van der Waals surface area contributed by atoms with Crippen molar-refractivity contribution >= 4 is 23.1 Å². The molecule has 0 fully saturated rings. The number of thiazole rings is 1. The van der Waals surface area contributed by atoms with Crippen LogP contribution in [0.25, 0.3) is 22.0 Å². The van der Waals surface area contributed by atoms with Crippen LogP contribution < -0.4 is 10.6 Å². The maximum absolute atomic E-state index is 6.16. The highest BCUT2D eigenvalue weighted by molar-refractivity contribution is 7.98. The molecule has 9 heteroatoms. The number of aromatic nitrogens is 4. The lowest BCUT2D eigenvalue weighted by Crippen LogP contribution is -2.11. The molecule has 7 nitrogen and oxygen atoms in total. The Kier molecular flexibility index (Phi) is 4.63. The monoisotopic (exact) mass is 385 g/mol. The molecule has 0 spiro atoms. The van der Waals surface area contributed by atoms with Crippen molar-refractivity contribution in [1.29, 1.82) is 0 Å². The number of methoxy groups -OCH3 is 1. The van der Waals surface area contributed by atoms with E-state index < -0.39 is 0 Å². The lowest BCUT2D eigenvalue weighted by molar-refractivity contribution is 0.415. The van der Waals surface area contributed by atoms with Gasteiger partial charge in [-0.3, -0.25) is 0 Å². The first-order valence-corrected chi connectivity index (χ1v) is 9.56. The largest absolute Gasteiger partial charge is 0.497 e. The normalized spacial score (nSPS) is 11.0. The number of nitrogens with zero attached hydrogens (tertiary/aromatic N) is 4. The molecule has 0 aliphatic rings. The van der Waals surface area contributed by atoms with E-state index in [-0.39, 0.29) is 0 Å². The van der Waals surface area contributed by atoms with Gasteiger partial charge >= 0.3 is 0 Å². The van der Waals surface area contributed by atoms with E-state index in [1.54, 1.807) is 31.0 Å². The van der Waals surface area contributed by atoms with Gasteiger partial charge in [0.15, 0.2) is 5.82 Å². The molecule has 4 aromatic rings. The molecule has 2 N–H and O–H groups in total. The zero-order valence-corrected chi connectivity index (χ0v) is 15.5. The molecule has 0 amide bonds. The highest BCUT2D eigenvalue weighted by atomic mass is 32.2. The fourth-order valence-electron chi connectivity index (χ4n) is 2.34. The Hall–Kier alpha value is -2.78. The zero-order chi connectivity index (χ0) is 17.9. The number of ether oxygens (including phenoxy) is 1. The molecular weight excluding hydrogens is 370 g/mol. The SMILES string of the molecule is COc1ccc(-c2nnc(SCc3csc(-c4ccoc4)n3)n2N)cc1. The number of hydrogen-bond donors (Lipinski definition) is 1. The fraction of sp³-hybridized carbons (Fsp3) is 0.118. The first-order valence-electron chi connectivity index (χ1n) is 7.69. The van der Waals surface area contributed by atoms with Gasteiger partial charge < -0.3 is 15.0 Å². The van der Waals surface area contributed by atoms with Crippen molar-refractivity contribution in [3.8, 4) is 27.7 Å². The molecular formula is C17H15N5O2S2. The van der Waals surface area contributed by atoms with Crippen LogP contribution in [0.1, 0.15) is 5.69 Å². The average molecular weight is 385 g/mol. The fourth-order valence-corrected chi connectivity index (χ4v) is 4.00. The summed E-state index contributed by atoms with van der Waals surface area (Å²) in [4.78, 5) is 4.61. The topological polar surface area (TPSA) is 92.0 Å². The van der Waals surface area contributed by atoms with Gasteiger partial charge in [-0.15, -0.1) is 21.5 Å². The third-order valence-corrected chi connectivity index (χ3v) is 5.60. The molecule has 0 aliphatic carbocycles. The van der Waals surface area contributed by atoms with Gasteiger partial charge in [0.05, 0.1) is 19.1 Å². The quantitative estimate of drug-likeness (QED) is 0.400. The van der Waals surface area contributed by atoms with Crippen molar-refractivity contribution in [2.45, 2.75) is 10.9 Å². The first kappa shape index (κ1) is 16.7. The second-order valence-electron chi connectivity index (χ2n) is 5.35. The number of benzene rings is 1. The number of nitrogen functional groups attached to an aromatic ring is 1. The van der Waals surface area contributed by atoms with Crippen LogP contribution in [0.3, 0.4) is 0 Å². The van der Waals surface area contributed by atoms with Crippen LogP contribution in [0.2, 0.25) is 0 Å². The Labute approximate surface area is 157 Å². The maximum atomic E-state index is 6.16. The van der Waals surface area contributed by atoms with E-state index in [4.69, 9.17) is 15.0 Å². The molecule has 3 aromatic heterocycles. The zero-order valence-electron chi connectivity index (χ0n) is 13.8. The summed E-state index contributed by atoms with van der Waals surface area (Å²) in [7, 11) is 1.63. The molecule has 1 aromatic carbocycles. The molecule has 0 unspecified atom stereocenters. The Morgan fingerprint density at radius 2 is 2.04 bits per heavy atom. The van der Waals surface area contributed by atoms with Gasteiger partial charge in [0.2, 0.25) is 5.16 Å². The van der Waals surface area contributed by atoms with Crippen LogP contribution in [0.15, 0.2) is 57.8 Å². The van der Waals surface area contributed by atoms with Gasteiger partial charge in [-0.2, -0.15) is 0 Å². The van der Waals surface area contributed by atoms with Gasteiger partial charge in [0.25, 0.3) is 0 Å². The van der Waals surface area contributed by atoms with Gasteiger partial charge in [-0.05, 0) is 30.3 Å². The van der Waals surface area contributed by atoms with Crippen molar-refractivity contribution < 1.29 is 9.15 Å². The first-order chi connectivity index (χ1) is 12.7. The summed E-state index contributed by atoms with van der Waals surface area (Å²) in [5.41, 5.74) is 2.82. The Morgan fingerprint density at radius 1 is 1.19 bits per heavy atom. The third-order valence-electron chi connectivity index (χ3n) is 3.68. The van der Waals surface area contributed by atoms with E-state index in [0.29, 0.717) is 16.7 Å². The minimum absolute atomic E-state index is 0.604. The number of thioether (sulfide) groups is 1.